The number of benzene rings is 2. The average Bonchev–Trinajstić information content (AvgIpc) is 2.75. The van der Waals surface area contributed by atoms with Gasteiger partial charge in [0.25, 0.3) is 0 Å². The summed E-state index contributed by atoms with van der Waals surface area (Å²) in [6, 6.07) is 8.53. The number of carbonyl (C=O) groups is 3. The van der Waals surface area contributed by atoms with Crippen LogP contribution in [0.1, 0.15) is 31.8 Å². The van der Waals surface area contributed by atoms with E-state index < -0.39 is 11.9 Å². The Morgan fingerprint density at radius 3 is 2.20 bits per heavy atom. The number of hydrogen-bond donors (Lipinski definition) is 2. The Balaban J connectivity index is 2.38. The SMILES string of the molecule is COc1cc(N=O)ccc1C(=C1C=CC(=O)C=C1)c1ccc(C(N)=O)cc1C(=O)O. The van der Waals surface area contributed by atoms with Crippen LogP contribution in [-0.4, -0.2) is 29.9 Å². The number of aromatic carboxylic acids is 1. The number of carboxylic acid groups (broad SMARTS) is 1. The van der Waals surface area contributed by atoms with Gasteiger partial charge >= 0.3 is 5.97 Å². The van der Waals surface area contributed by atoms with Gasteiger partial charge in [-0.05, 0) is 52.7 Å². The number of methoxy groups -OCH3 is 1. The molecule has 0 aliphatic heterocycles. The molecule has 0 fully saturated rings. The molecule has 2 aromatic carbocycles. The molecule has 0 saturated heterocycles. The first-order chi connectivity index (χ1) is 14.3. The van der Waals surface area contributed by atoms with Crippen molar-refractivity contribution in [2.24, 2.45) is 10.9 Å². The maximum absolute atomic E-state index is 12.0. The summed E-state index contributed by atoms with van der Waals surface area (Å²) in [6.07, 6.45) is 5.80. The highest BCUT2D eigenvalue weighted by atomic mass is 16.5. The predicted molar refractivity (Wildman–Crippen MR) is 110 cm³/mol. The summed E-state index contributed by atoms with van der Waals surface area (Å²) in [5, 5.41) is 12.7. The van der Waals surface area contributed by atoms with E-state index in [4.69, 9.17) is 10.5 Å². The van der Waals surface area contributed by atoms with Crippen LogP contribution in [0.15, 0.2) is 71.5 Å². The van der Waals surface area contributed by atoms with Crippen LogP contribution in [0.5, 0.6) is 5.75 Å². The van der Waals surface area contributed by atoms with E-state index in [0.29, 0.717) is 16.7 Å². The number of ketones is 1. The molecule has 2 aromatic rings. The number of amides is 1. The van der Waals surface area contributed by atoms with E-state index in [2.05, 4.69) is 5.18 Å². The second-order valence-corrected chi connectivity index (χ2v) is 6.31. The monoisotopic (exact) mass is 404 g/mol. The quantitative estimate of drug-likeness (QED) is 0.708. The van der Waals surface area contributed by atoms with Gasteiger partial charge in [0, 0.05) is 22.8 Å². The van der Waals surface area contributed by atoms with Crippen LogP contribution in [0.4, 0.5) is 5.69 Å². The number of nitrogens with zero attached hydrogens (tertiary/aromatic N) is 1. The van der Waals surface area contributed by atoms with Crippen molar-refractivity contribution >= 4 is 28.9 Å². The Hall–Kier alpha value is -4.33. The molecule has 0 atom stereocenters. The molecule has 0 radical (unpaired) electrons. The number of nitrogens with two attached hydrogens (primary N) is 1. The van der Waals surface area contributed by atoms with Gasteiger partial charge in [-0.15, -0.1) is 4.91 Å². The number of nitroso groups, excluding NO2 is 1. The summed E-state index contributed by atoms with van der Waals surface area (Å²) < 4.78 is 5.39. The van der Waals surface area contributed by atoms with E-state index in [1.54, 1.807) is 18.2 Å². The number of primary amides is 1. The van der Waals surface area contributed by atoms with Crippen LogP contribution in [0, 0.1) is 4.91 Å². The van der Waals surface area contributed by atoms with Crippen molar-refractivity contribution in [2.45, 2.75) is 0 Å². The predicted octanol–water partition coefficient (Wildman–Crippen LogP) is 3.39. The minimum atomic E-state index is -1.27. The van der Waals surface area contributed by atoms with E-state index in [9.17, 15) is 24.4 Å². The number of rotatable bonds is 6. The van der Waals surface area contributed by atoms with Crippen molar-refractivity contribution in [1.82, 2.24) is 0 Å². The van der Waals surface area contributed by atoms with Gasteiger partial charge < -0.3 is 15.6 Å². The van der Waals surface area contributed by atoms with E-state index in [0.717, 1.165) is 0 Å². The Kier molecular flexibility index (Phi) is 5.68. The van der Waals surface area contributed by atoms with Crippen molar-refractivity contribution in [1.29, 1.82) is 0 Å². The molecule has 8 heteroatoms. The highest BCUT2D eigenvalue weighted by Gasteiger charge is 2.22. The molecule has 3 N–H and O–H groups in total. The van der Waals surface area contributed by atoms with Crippen LogP contribution >= 0.6 is 0 Å². The van der Waals surface area contributed by atoms with Gasteiger partial charge in [0.15, 0.2) is 5.78 Å². The molecule has 1 aliphatic rings. The smallest absolute Gasteiger partial charge is 0.336 e. The lowest BCUT2D eigenvalue weighted by Gasteiger charge is -2.18. The molecule has 8 nitrogen and oxygen atoms in total. The first-order valence-electron chi connectivity index (χ1n) is 8.69. The van der Waals surface area contributed by atoms with Gasteiger partial charge in [0.05, 0.1) is 12.7 Å². The van der Waals surface area contributed by atoms with Crippen molar-refractivity contribution in [3.8, 4) is 5.75 Å². The van der Waals surface area contributed by atoms with Gasteiger partial charge in [-0.25, -0.2) is 4.79 Å². The van der Waals surface area contributed by atoms with Gasteiger partial charge in [-0.1, -0.05) is 18.2 Å². The summed E-state index contributed by atoms with van der Waals surface area (Å²) in [7, 11) is 1.40. The number of hydrogen-bond acceptors (Lipinski definition) is 6. The lowest BCUT2D eigenvalue weighted by atomic mass is 9.87. The first-order valence-corrected chi connectivity index (χ1v) is 8.69. The lowest BCUT2D eigenvalue weighted by molar-refractivity contribution is -0.110. The minimum Gasteiger partial charge on any atom is -0.496 e. The summed E-state index contributed by atoms with van der Waals surface area (Å²) in [5.41, 5.74) is 7.01. The van der Waals surface area contributed by atoms with Gasteiger partial charge in [-0.2, -0.15) is 0 Å². The fourth-order valence-electron chi connectivity index (χ4n) is 3.11. The Morgan fingerprint density at radius 1 is 0.967 bits per heavy atom. The molecular formula is C22H16N2O6. The van der Waals surface area contributed by atoms with Crippen LogP contribution in [0.25, 0.3) is 5.57 Å². The van der Waals surface area contributed by atoms with E-state index in [1.165, 1.54) is 49.6 Å². The molecule has 0 bridgehead atoms. The number of allylic oxidation sites excluding steroid dienone is 5. The Morgan fingerprint density at radius 2 is 1.63 bits per heavy atom. The second kappa shape index (κ2) is 8.36. The van der Waals surface area contributed by atoms with E-state index in [-0.39, 0.29) is 33.9 Å². The molecule has 150 valence electrons. The van der Waals surface area contributed by atoms with Gasteiger partial charge in [0.1, 0.15) is 11.4 Å². The number of carboxylic acids is 1. The molecule has 0 spiro atoms. The van der Waals surface area contributed by atoms with E-state index >= 15 is 0 Å². The van der Waals surface area contributed by atoms with E-state index in [1.807, 2.05) is 0 Å². The largest absolute Gasteiger partial charge is 0.496 e. The van der Waals surface area contributed by atoms with Crippen molar-refractivity contribution in [2.75, 3.05) is 7.11 Å². The molecule has 0 heterocycles. The van der Waals surface area contributed by atoms with Crippen molar-refractivity contribution < 1.29 is 24.2 Å². The summed E-state index contributed by atoms with van der Waals surface area (Å²) in [5.74, 6) is -1.96. The highest BCUT2D eigenvalue weighted by molar-refractivity contribution is 6.06. The molecular weight excluding hydrogens is 388 g/mol. The highest BCUT2D eigenvalue weighted by Crippen LogP contribution is 2.38. The minimum absolute atomic E-state index is 0.0397. The standard InChI is InChI=1S/C22H16N2O6/c1-30-19-11-14(24-29)5-9-17(19)20(12-2-6-15(25)7-3-12)16-8-4-13(21(23)26)10-18(16)22(27)28/h2-11H,1H3,(H2,23,26)(H,27,28). The van der Waals surface area contributed by atoms with Crippen LogP contribution in [-0.2, 0) is 4.79 Å². The molecule has 0 aromatic heterocycles. The molecule has 30 heavy (non-hydrogen) atoms. The zero-order valence-corrected chi connectivity index (χ0v) is 15.8. The maximum atomic E-state index is 12.0. The fraction of sp³-hybridized carbons (Fsp3) is 0.0455. The summed E-state index contributed by atoms with van der Waals surface area (Å²) in [4.78, 5) is 46.0. The van der Waals surface area contributed by atoms with Crippen LogP contribution in [0.2, 0.25) is 0 Å². The third kappa shape index (κ3) is 3.93. The second-order valence-electron chi connectivity index (χ2n) is 6.31. The zero-order valence-electron chi connectivity index (χ0n) is 15.8. The van der Waals surface area contributed by atoms with Crippen molar-refractivity contribution in [3.63, 3.8) is 0 Å². The molecule has 0 saturated carbocycles. The molecule has 3 rings (SSSR count). The lowest BCUT2D eigenvalue weighted by Crippen LogP contribution is -2.13. The number of ether oxygens (including phenoxy) is 1. The van der Waals surface area contributed by atoms with Crippen LogP contribution < -0.4 is 10.5 Å². The van der Waals surface area contributed by atoms with Crippen LogP contribution in [0.3, 0.4) is 0 Å². The van der Waals surface area contributed by atoms with Gasteiger partial charge in [-0.3, -0.25) is 9.59 Å². The molecule has 0 unspecified atom stereocenters. The molecule has 1 aliphatic carbocycles. The number of carbonyl (C=O) groups excluding carboxylic acids is 2. The Labute approximate surface area is 170 Å². The van der Waals surface area contributed by atoms with Gasteiger partial charge in [0.2, 0.25) is 5.91 Å². The summed E-state index contributed by atoms with van der Waals surface area (Å²) in [6.45, 7) is 0. The molecule has 1 amide bonds. The first kappa shape index (κ1) is 20.4. The van der Waals surface area contributed by atoms with Crippen molar-refractivity contribution in [3.05, 3.63) is 93.4 Å². The maximum Gasteiger partial charge on any atom is 0.336 e. The fourth-order valence-corrected chi connectivity index (χ4v) is 3.11. The average molecular weight is 404 g/mol. The summed E-state index contributed by atoms with van der Waals surface area (Å²) >= 11 is 0. The third-order valence-electron chi connectivity index (χ3n) is 4.51. The zero-order chi connectivity index (χ0) is 21.8. The normalized spacial score (nSPS) is 12.6. The Bertz CT molecular complexity index is 1160. The third-order valence-corrected chi connectivity index (χ3v) is 4.51. The topological polar surface area (TPSA) is 136 Å².